The van der Waals surface area contributed by atoms with Gasteiger partial charge in [-0.3, -0.25) is 4.79 Å². The van der Waals surface area contributed by atoms with Crippen molar-refractivity contribution in [1.82, 2.24) is 14.8 Å². The molecule has 0 unspecified atom stereocenters. The normalized spacial score (nSPS) is 11.3. The molecule has 40 heavy (non-hydrogen) atoms. The Bertz CT molecular complexity index is 1530. The van der Waals surface area contributed by atoms with Gasteiger partial charge in [-0.05, 0) is 60.9 Å². The maximum Gasteiger partial charge on any atom is 0.434 e. The molecular weight excluding hydrogens is 531 g/mol. The number of alkyl halides is 3. The third-order valence-corrected chi connectivity index (χ3v) is 5.88. The number of halogens is 3. The second-order valence-corrected chi connectivity index (χ2v) is 8.72. The van der Waals surface area contributed by atoms with Gasteiger partial charge in [0.15, 0.2) is 11.5 Å². The minimum absolute atomic E-state index is 0.0247. The van der Waals surface area contributed by atoms with Crippen LogP contribution in [0.3, 0.4) is 0 Å². The predicted octanol–water partition coefficient (Wildman–Crippen LogP) is 5.78. The highest BCUT2D eigenvalue weighted by atomic mass is 19.4. The van der Waals surface area contributed by atoms with Crippen molar-refractivity contribution in [3.8, 4) is 28.6 Å². The topological polar surface area (TPSA) is 124 Å². The van der Waals surface area contributed by atoms with Gasteiger partial charge in [-0.25, -0.2) is 14.5 Å². The average molecular weight is 556 g/mol. The summed E-state index contributed by atoms with van der Waals surface area (Å²) in [5.74, 6) is -1.79. The summed E-state index contributed by atoms with van der Waals surface area (Å²) >= 11 is 0. The van der Waals surface area contributed by atoms with Crippen molar-refractivity contribution in [3.05, 3.63) is 89.2 Å². The molecule has 0 atom stereocenters. The van der Waals surface area contributed by atoms with E-state index in [0.717, 1.165) is 11.1 Å². The molecule has 2 aromatic carbocycles. The van der Waals surface area contributed by atoms with Crippen LogP contribution in [0.25, 0.3) is 17.1 Å². The molecule has 0 aliphatic rings. The molecule has 2 aromatic heterocycles. The molecule has 12 heteroatoms. The van der Waals surface area contributed by atoms with E-state index in [1.54, 1.807) is 36.4 Å². The summed E-state index contributed by atoms with van der Waals surface area (Å²) in [6, 6.07) is 16.7. The third kappa shape index (κ3) is 6.57. The number of benzene rings is 2. The molecule has 0 saturated carbocycles. The molecule has 2 heterocycles. The first-order valence-electron chi connectivity index (χ1n) is 12.1. The van der Waals surface area contributed by atoms with Crippen LogP contribution in [0.5, 0.6) is 11.5 Å². The predicted molar refractivity (Wildman–Crippen MR) is 137 cm³/mol. The van der Waals surface area contributed by atoms with Crippen molar-refractivity contribution >= 4 is 11.9 Å². The van der Waals surface area contributed by atoms with Gasteiger partial charge in [0.1, 0.15) is 23.7 Å². The second kappa shape index (κ2) is 11.9. The maximum absolute atomic E-state index is 13.7. The van der Waals surface area contributed by atoms with Gasteiger partial charge in [0.25, 0.3) is 0 Å². The molecule has 0 amide bonds. The summed E-state index contributed by atoms with van der Waals surface area (Å²) in [5, 5.41) is 21.6. The zero-order chi connectivity index (χ0) is 28.9. The molecule has 0 bridgehead atoms. The summed E-state index contributed by atoms with van der Waals surface area (Å²) < 4.78 is 53.2. The Hall–Kier alpha value is -4.87. The number of hydrogen-bond acceptors (Lipinski definition) is 6. The highest BCUT2D eigenvalue weighted by Gasteiger charge is 2.41. The summed E-state index contributed by atoms with van der Waals surface area (Å²) in [5.41, 5.74) is 0.160. The quantitative estimate of drug-likeness (QED) is 0.223. The van der Waals surface area contributed by atoms with Crippen LogP contribution in [-0.2, 0) is 17.6 Å². The van der Waals surface area contributed by atoms with Crippen LogP contribution in [0.1, 0.15) is 40.0 Å². The van der Waals surface area contributed by atoms with E-state index in [9.17, 15) is 27.9 Å². The summed E-state index contributed by atoms with van der Waals surface area (Å²) in [6.45, 7) is 2.34. The van der Waals surface area contributed by atoms with Gasteiger partial charge in [-0.1, -0.05) is 24.3 Å². The summed E-state index contributed by atoms with van der Waals surface area (Å²) in [7, 11) is 0. The smallest absolute Gasteiger partial charge is 0.434 e. The Morgan fingerprint density at radius 2 is 1.77 bits per heavy atom. The number of aromatic carboxylic acids is 1. The van der Waals surface area contributed by atoms with Gasteiger partial charge in [-0.15, -0.1) is 0 Å². The van der Waals surface area contributed by atoms with Crippen LogP contribution in [0.2, 0.25) is 0 Å². The van der Waals surface area contributed by atoms with Crippen LogP contribution >= 0.6 is 0 Å². The highest BCUT2D eigenvalue weighted by Crippen LogP contribution is 2.35. The number of hydrogen-bond donors (Lipinski definition) is 2. The standard InChI is InChI=1S/C28H24F3N3O6/c1-17-14-19(39-13-5-10-25(35)36)12-11-18(17)16-40-23-8-3-2-6-20(23)22-7-4-9-24(33-22)34-26(28(29,30)31)21(15-32-34)27(37)38/h2-4,6-9,11-12,14-15H,5,10,13,16H2,1H3,(H,35,36)(H,37,38). The van der Waals surface area contributed by atoms with Crippen molar-refractivity contribution in [1.29, 1.82) is 0 Å². The van der Waals surface area contributed by atoms with E-state index in [1.807, 2.05) is 19.1 Å². The first-order valence-corrected chi connectivity index (χ1v) is 12.1. The number of ether oxygens (including phenoxy) is 2. The Kier molecular flexibility index (Phi) is 8.37. The lowest BCUT2D eigenvalue weighted by atomic mass is 10.1. The third-order valence-electron chi connectivity index (χ3n) is 5.88. The van der Waals surface area contributed by atoms with E-state index in [1.165, 1.54) is 12.1 Å². The first kappa shape index (κ1) is 28.1. The number of aryl methyl sites for hydroxylation is 1. The average Bonchev–Trinajstić information content (AvgIpc) is 3.38. The molecule has 4 aromatic rings. The van der Waals surface area contributed by atoms with E-state index in [-0.39, 0.29) is 25.5 Å². The second-order valence-electron chi connectivity index (χ2n) is 8.72. The van der Waals surface area contributed by atoms with Crippen molar-refractivity contribution in [2.45, 2.75) is 32.5 Å². The van der Waals surface area contributed by atoms with Gasteiger partial charge in [-0.2, -0.15) is 18.3 Å². The van der Waals surface area contributed by atoms with Crippen LogP contribution < -0.4 is 9.47 Å². The van der Waals surface area contributed by atoms with Gasteiger partial charge in [0.2, 0.25) is 0 Å². The number of carboxylic acid groups (broad SMARTS) is 2. The largest absolute Gasteiger partial charge is 0.494 e. The SMILES string of the molecule is Cc1cc(OCCCC(=O)O)ccc1COc1ccccc1-c1cccc(-n2ncc(C(=O)O)c2C(F)(F)F)n1. The van der Waals surface area contributed by atoms with E-state index in [0.29, 0.717) is 40.1 Å². The fourth-order valence-electron chi connectivity index (χ4n) is 3.94. The molecule has 0 saturated heterocycles. The number of carboxylic acids is 2. The first-order chi connectivity index (χ1) is 19.0. The number of aromatic nitrogens is 3. The fourth-order valence-corrected chi connectivity index (χ4v) is 3.94. The lowest BCUT2D eigenvalue weighted by Crippen LogP contribution is -2.18. The molecular formula is C28H24F3N3O6. The van der Waals surface area contributed by atoms with Crippen LogP contribution in [-0.4, -0.2) is 43.5 Å². The zero-order valence-corrected chi connectivity index (χ0v) is 21.2. The molecule has 0 radical (unpaired) electrons. The van der Waals surface area contributed by atoms with E-state index in [4.69, 9.17) is 14.6 Å². The molecule has 4 rings (SSSR count). The monoisotopic (exact) mass is 555 g/mol. The Labute approximate surface area is 226 Å². The van der Waals surface area contributed by atoms with E-state index >= 15 is 0 Å². The molecule has 2 N–H and O–H groups in total. The van der Waals surface area contributed by atoms with Crippen molar-refractivity contribution in [3.63, 3.8) is 0 Å². The highest BCUT2D eigenvalue weighted by molar-refractivity contribution is 5.89. The lowest BCUT2D eigenvalue weighted by Gasteiger charge is -2.15. The number of pyridine rings is 1. The molecule has 0 spiro atoms. The Balaban J connectivity index is 1.55. The number of nitrogens with zero attached hydrogens (tertiary/aromatic N) is 3. The van der Waals surface area contributed by atoms with E-state index in [2.05, 4.69) is 10.1 Å². The Morgan fingerprint density at radius 3 is 2.48 bits per heavy atom. The van der Waals surface area contributed by atoms with Crippen molar-refractivity contribution < 1.29 is 42.4 Å². The van der Waals surface area contributed by atoms with Crippen molar-refractivity contribution in [2.75, 3.05) is 6.61 Å². The number of rotatable bonds is 11. The van der Waals surface area contributed by atoms with E-state index < -0.39 is 29.4 Å². The zero-order valence-electron chi connectivity index (χ0n) is 21.2. The van der Waals surface area contributed by atoms with Gasteiger partial charge in [0.05, 0.1) is 18.5 Å². The van der Waals surface area contributed by atoms with Crippen LogP contribution in [0.4, 0.5) is 13.2 Å². The number of carbonyl (C=O) groups is 2. The van der Waals surface area contributed by atoms with Crippen LogP contribution in [0.15, 0.2) is 66.9 Å². The summed E-state index contributed by atoms with van der Waals surface area (Å²) in [6.07, 6.45) is -3.91. The molecule has 0 aliphatic carbocycles. The van der Waals surface area contributed by atoms with Crippen molar-refractivity contribution in [2.24, 2.45) is 0 Å². The van der Waals surface area contributed by atoms with Crippen LogP contribution in [0, 0.1) is 6.92 Å². The van der Waals surface area contributed by atoms with Gasteiger partial charge in [0, 0.05) is 12.0 Å². The maximum atomic E-state index is 13.7. The summed E-state index contributed by atoms with van der Waals surface area (Å²) in [4.78, 5) is 26.3. The minimum atomic E-state index is -4.97. The fraction of sp³-hybridized carbons (Fsp3) is 0.214. The molecule has 0 fully saturated rings. The number of para-hydroxylation sites is 1. The molecule has 208 valence electrons. The molecule has 9 nitrogen and oxygen atoms in total. The Morgan fingerprint density at radius 1 is 1.00 bits per heavy atom. The van der Waals surface area contributed by atoms with Gasteiger partial charge >= 0.3 is 18.1 Å². The molecule has 0 aliphatic heterocycles. The van der Waals surface area contributed by atoms with Gasteiger partial charge < -0.3 is 19.7 Å². The minimum Gasteiger partial charge on any atom is -0.494 e. The lowest BCUT2D eigenvalue weighted by molar-refractivity contribution is -0.143. The number of aliphatic carboxylic acids is 1.